The zero-order valence-electron chi connectivity index (χ0n) is 11.9. The van der Waals surface area contributed by atoms with Gasteiger partial charge in [-0.1, -0.05) is 0 Å². The SMILES string of the molecule is Cc1nc(C(F)(F)F)ccc1C(=O)N1CCCC[C@@H]1C(=O)O. The lowest BCUT2D eigenvalue weighted by molar-refractivity contribution is -0.143. The molecule has 0 bridgehead atoms. The first-order valence-corrected chi connectivity index (χ1v) is 6.80. The predicted molar refractivity (Wildman–Crippen MR) is 70.3 cm³/mol. The summed E-state index contributed by atoms with van der Waals surface area (Å²) in [5.74, 6) is -1.70. The Hall–Kier alpha value is -2.12. The minimum Gasteiger partial charge on any atom is -0.480 e. The van der Waals surface area contributed by atoms with E-state index >= 15 is 0 Å². The molecule has 120 valence electrons. The minimum atomic E-state index is -4.58. The van der Waals surface area contributed by atoms with Crippen LogP contribution in [0.25, 0.3) is 0 Å². The van der Waals surface area contributed by atoms with Crippen molar-refractivity contribution in [1.29, 1.82) is 0 Å². The number of piperidine rings is 1. The van der Waals surface area contributed by atoms with Gasteiger partial charge in [0.25, 0.3) is 5.91 Å². The van der Waals surface area contributed by atoms with E-state index in [0.29, 0.717) is 19.3 Å². The minimum absolute atomic E-state index is 0.00106. The fraction of sp³-hybridized carbons (Fsp3) is 0.500. The van der Waals surface area contributed by atoms with Crippen LogP contribution in [0.4, 0.5) is 13.2 Å². The van der Waals surface area contributed by atoms with E-state index in [1.54, 1.807) is 0 Å². The molecule has 0 unspecified atom stereocenters. The standard InChI is InChI=1S/C14H15F3N2O3/c1-8-9(5-6-11(18-8)14(15,16)17)12(20)19-7-3-2-4-10(19)13(21)22/h5-6,10H,2-4,7H2,1H3,(H,21,22)/t10-/m1/s1. The van der Waals surface area contributed by atoms with Crippen LogP contribution < -0.4 is 0 Å². The van der Waals surface area contributed by atoms with Crippen molar-refractivity contribution in [3.8, 4) is 0 Å². The molecule has 22 heavy (non-hydrogen) atoms. The molecule has 2 rings (SSSR count). The Balaban J connectivity index is 2.31. The highest BCUT2D eigenvalue weighted by Gasteiger charge is 2.35. The lowest BCUT2D eigenvalue weighted by Gasteiger charge is -2.33. The quantitative estimate of drug-likeness (QED) is 0.910. The van der Waals surface area contributed by atoms with Crippen molar-refractivity contribution in [2.45, 2.75) is 38.4 Å². The summed E-state index contributed by atoms with van der Waals surface area (Å²) in [5.41, 5.74) is -1.13. The van der Waals surface area contributed by atoms with E-state index < -0.39 is 29.8 Å². The predicted octanol–water partition coefficient (Wildman–Crippen LogP) is 2.49. The van der Waals surface area contributed by atoms with Crippen LogP contribution in [0.5, 0.6) is 0 Å². The number of halogens is 3. The molecule has 0 saturated carbocycles. The van der Waals surface area contributed by atoms with E-state index in [1.165, 1.54) is 11.8 Å². The van der Waals surface area contributed by atoms with Crippen molar-refractivity contribution in [1.82, 2.24) is 9.88 Å². The second-order valence-corrected chi connectivity index (χ2v) is 5.18. The normalized spacial score (nSPS) is 19.1. The Morgan fingerprint density at radius 2 is 2.00 bits per heavy atom. The number of aryl methyl sites for hydroxylation is 1. The van der Waals surface area contributed by atoms with Gasteiger partial charge in [-0.15, -0.1) is 0 Å². The molecule has 1 aliphatic heterocycles. The fourth-order valence-electron chi connectivity index (χ4n) is 2.53. The van der Waals surface area contributed by atoms with Crippen LogP contribution in [0, 0.1) is 6.92 Å². The molecule has 1 fully saturated rings. The molecule has 0 aliphatic carbocycles. The van der Waals surface area contributed by atoms with Crippen molar-refractivity contribution < 1.29 is 27.9 Å². The summed E-state index contributed by atoms with van der Waals surface area (Å²) in [6, 6.07) is 0.851. The lowest BCUT2D eigenvalue weighted by Crippen LogP contribution is -2.48. The van der Waals surface area contributed by atoms with Crippen LogP contribution in [-0.4, -0.2) is 39.5 Å². The van der Waals surface area contributed by atoms with Gasteiger partial charge in [0.15, 0.2) is 0 Å². The number of amides is 1. The number of pyridine rings is 1. The van der Waals surface area contributed by atoms with Gasteiger partial charge in [-0.3, -0.25) is 4.79 Å². The highest BCUT2D eigenvalue weighted by atomic mass is 19.4. The molecule has 0 radical (unpaired) electrons. The number of carbonyl (C=O) groups is 2. The van der Waals surface area contributed by atoms with E-state index in [9.17, 15) is 22.8 Å². The van der Waals surface area contributed by atoms with Crippen molar-refractivity contribution in [3.05, 3.63) is 29.1 Å². The maximum Gasteiger partial charge on any atom is 0.433 e. The third kappa shape index (κ3) is 3.20. The van der Waals surface area contributed by atoms with Crippen molar-refractivity contribution in [2.75, 3.05) is 6.54 Å². The maximum atomic E-state index is 12.6. The summed E-state index contributed by atoms with van der Waals surface area (Å²) in [6.45, 7) is 1.58. The zero-order chi connectivity index (χ0) is 16.5. The Morgan fingerprint density at radius 1 is 1.32 bits per heavy atom. The number of rotatable bonds is 2. The molecule has 1 amide bonds. The van der Waals surface area contributed by atoms with Crippen LogP contribution in [0.15, 0.2) is 12.1 Å². The molecular formula is C14H15F3N2O3. The van der Waals surface area contributed by atoms with Gasteiger partial charge in [0.2, 0.25) is 0 Å². The molecule has 1 saturated heterocycles. The molecule has 1 aromatic heterocycles. The Morgan fingerprint density at radius 3 is 2.55 bits per heavy atom. The average Bonchev–Trinajstić information content (AvgIpc) is 2.45. The number of likely N-dealkylation sites (tertiary alicyclic amines) is 1. The molecule has 1 N–H and O–H groups in total. The number of nitrogens with zero attached hydrogens (tertiary/aromatic N) is 2. The second kappa shape index (κ2) is 5.94. The molecule has 0 aromatic carbocycles. The second-order valence-electron chi connectivity index (χ2n) is 5.18. The van der Waals surface area contributed by atoms with E-state index in [-0.39, 0.29) is 17.8 Å². The van der Waals surface area contributed by atoms with E-state index in [4.69, 9.17) is 5.11 Å². The van der Waals surface area contributed by atoms with Gasteiger partial charge in [-0.2, -0.15) is 13.2 Å². The number of carboxylic acid groups (broad SMARTS) is 1. The Bertz CT molecular complexity index is 601. The molecule has 1 aliphatic rings. The number of carboxylic acids is 1. The van der Waals surface area contributed by atoms with Crippen LogP contribution in [-0.2, 0) is 11.0 Å². The molecule has 2 heterocycles. The van der Waals surface area contributed by atoms with Crippen LogP contribution >= 0.6 is 0 Å². The third-order valence-corrected chi connectivity index (χ3v) is 3.66. The maximum absolute atomic E-state index is 12.6. The first kappa shape index (κ1) is 16.3. The first-order valence-electron chi connectivity index (χ1n) is 6.80. The largest absolute Gasteiger partial charge is 0.480 e. The van der Waals surface area contributed by atoms with Gasteiger partial charge in [-0.05, 0) is 38.3 Å². The van der Waals surface area contributed by atoms with Gasteiger partial charge >= 0.3 is 12.1 Å². The monoisotopic (exact) mass is 316 g/mol. The molecule has 0 spiro atoms. The smallest absolute Gasteiger partial charge is 0.433 e. The van der Waals surface area contributed by atoms with Gasteiger partial charge in [0.05, 0.1) is 11.3 Å². The Labute approximate surface area is 124 Å². The zero-order valence-corrected chi connectivity index (χ0v) is 11.9. The van der Waals surface area contributed by atoms with Crippen molar-refractivity contribution in [2.24, 2.45) is 0 Å². The average molecular weight is 316 g/mol. The summed E-state index contributed by atoms with van der Waals surface area (Å²) >= 11 is 0. The number of hydrogen-bond acceptors (Lipinski definition) is 3. The van der Waals surface area contributed by atoms with Crippen LogP contribution in [0.1, 0.15) is 41.0 Å². The Kier molecular flexibility index (Phi) is 4.39. The number of aliphatic carboxylic acids is 1. The molecular weight excluding hydrogens is 301 g/mol. The molecule has 5 nitrogen and oxygen atoms in total. The molecule has 8 heteroatoms. The van der Waals surface area contributed by atoms with E-state index in [2.05, 4.69) is 4.98 Å². The molecule has 1 aromatic rings. The van der Waals surface area contributed by atoms with E-state index in [0.717, 1.165) is 12.1 Å². The van der Waals surface area contributed by atoms with Gasteiger partial charge < -0.3 is 10.0 Å². The fourth-order valence-corrected chi connectivity index (χ4v) is 2.53. The number of aromatic nitrogens is 1. The topological polar surface area (TPSA) is 70.5 Å². The van der Waals surface area contributed by atoms with Crippen molar-refractivity contribution in [3.63, 3.8) is 0 Å². The number of hydrogen-bond donors (Lipinski definition) is 1. The van der Waals surface area contributed by atoms with Crippen LogP contribution in [0.3, 0.4) is 0 Å². The summed E-state index contributed by atoms with van der Waals surface area (Å²) in [7, 11) is 0. The number of alkyl halides is 3. The van der Waals surface area contributed by atoms with Gasteiger partial charge in [0, 0.05) is 6.54 Å². The van der Waals surface area contributed by atoms with Gasteiger partial charge in [0.1, 0.15) is 11.7 Å². The third-order valence-electron chi connectivity index (χ3n) is 3.66. The highest BCUT2D eigenvalue weighted by molar-refractivity contribution is 5.97. The summed E-state index contributed by atoms with van der Waals surface area (Å²) in [4.78, 5) is 28.3. The number of carbonyl (C=O) groups excluding carboxylic acids is 1. The highest BCUT2D eigenvalue weighted by Crippen LogP contribution is 2.29. The molecule has 1 atom stereocenters. The van der Waals surface area contributed by atoms with E-state index in [1.807, 2.05) is 0 Å². The summed E-state index contributed by atoms with van der Waals surface area (Å²) in [5, 5.41) is 9.17. The van der Waals surface area contributed by atoms with Crippen LogP contribution in [0.2, 0.25) is 0 Å². The first-order chi connectivity index (χ1) is 10.2. The summed E-state index contributed by atoms with van der Waals surface area (Å²) in [6.07, 6.45) is -2.87. The lowest BCUT2D eigenvalue weighted by atomic mass is 10.0. The van der Waals surface area contributed by atoms with Crippen molar-refractivity contribution >= 4 is 11.9 Å². The van der Waals surface area contributed by atoms with Gasteiger partial charge in [-0.25, -0.2) is 9.78 Å². The summed E-state index contributed by atoms with van der Waals surface area (Å²) < 4.78 is 37.8.